The second-order valence-electron chi connectivity index (χ2n) is 8.07. The molecule has 4 rings (SSSR count). The lowest BCUT2D eigenvalue weighted by Crippen LogP contribution is -2.15. The standard InChI is InChI=1S/C26H27FN2O2/c1-29(22-8-4-7-21(27)16-22)23-11-12-24-18(5-3-6-19(24)15-23)9-10-20-17-28-14-13-25(20)26(30)31-2/h4,7-8,11-18H,3,5-6,9-10H2,1-2H3/t18-/m0/s1. The van der Waals surface area contributed by atoms with E-state index < -0.39 is 0 Å². The number of benzene rings is 2. The Hall–Kier alpha value is -3.21. The molecule has 0 radical (unpaired) electrons. The van der Waals surface area contributed by atoms with Gasteiger partial charge in [-0.3, -0.25) is 4.98 Å². The number of carbonyl (C=O) groups excluding carboxylic acids is 1. The molecular formula is C26H27FN2O2. The minimum absolute atomic E-state index is 0.232. The Bertz CT molecular complexity index is 1080. The molecule has 3 aromatic rings. The SMILES string of the molecule is COC(=O)c1ccncc1CC[C@@H]1CCCc2cc(N(C)c3cccc(F)c3)ccc21. The molecule has 1 aliphatic carbocycles. The van der Waals surface area contributed by atoms with E-state index in [-0.39, 0.29) is 11.8 Å². The number of hydrogen-bond donors (Lipinski definition) is 0. The van der Waals surface area contributed by atoms with Gasteiger partial charge < -0.3 is 9.64 Å². The zero-order valence-corrected chi connectivity index (χ0v) is 18.0. The number of fused-ring (bicyclic) bond motifs is 1. The Morgan fingerprint density at radius 2 is 2.03 bits per heavy atom. The first-order chi connectivity index (χ1) is 15.1. The number of ether oxygens (including phenoxy) is 1. The van der Waals surface area contributed by atoms with Crippen molar-refractivity contribution in [3.05, 3.63) is 89.0 Å². The molecule has 0 saturated carbocycles. The second-order valence-corrected chi connectivity index (χ2v) is 8.07. The van der Waals surface area contributed by atoms with Crippen LogP contribution in [0.15, 0.2) is 60.9 Å². The van der Waals surface area contributed by atoms with Gasteiger partial charge in [-0.05, 0) is 91.1 Å². The zero-order valence-electron chi connectivity index (χ0n) is 18.0. The predicted molar refractivity (Wildman–Crippen MR) is 120 cm³/mol. The quantitative estimate of drug-likeness (QED) is 0.473. The number of hydrogen-bond acceptors (Lipinski definition) is 4. The summed E-state index contributed by atoms with van der Waals surface area (Å²) in [5.74, 6) is -0.0986. The molecule has 0 fully saturated rings. The predicted octanol–water partition coefficient (Wildman–Crippen LogP) is 5.83. The van der Waals surface area contributed by atoms with E-state index in [0.717, 1.165) is 49.0 Å². The monoisotopic (exact) mass is 418 g/mol. The summed E-state index contributed by atoms with van der Waals surface area (Å²) in [5.41, 5.74) is 6.16. The third-order valence-electron chi connectivity index (χ3n) is 6.22. The highest BCUT2D eigenvalue weighted by atomic mass is 19.1. The van der Waals surface area contributed by atoms with Crippen LogP contribution in [0.3, 0.4) is 0 Å². The van der Waals surface area contributed by atoms with Gasteiger partial charge in [-0.1, -0.05) is 12.1 Å². The van der Waals surface area contributed by atoms with Crippen molar-refractivity contribution in [2.75, 3.05) is 19.1 Å². The highest BCUT2D eigenvalue weighted by molar-refractivity contribution is 5.90. The van der Waals surface area contributed by atoms with Gasteiger partial charge in [0, 0.05) is 30.8 Å². The average molecular weight is 419 g/mol. The van der Waals surface area contributed by atoms with Gasteiger partial charge in [-0.15, -0.1) is 0 Å². The number of halogens is 1. The van der Waals surface area contributed by atoms with Crippen LogP contribution in [0, 0.1) is 5.82 Å². The molecular weight excluding hydrogens is 391 g/mol. The Morgan fingerprint density at radius 3 is 2.84 bits per heavy atom. The van der Waals surface area contributed by atoms with Crippen LogP contribution in [-0.2, 0) is 17.6 Å². The number of esters is 1. The Labute approximate surface area is 182 Å². The topological polar surface area (TPSA) is 42.4 Å². The van der Waals surface area contributed by atoms with Crippen LogP contribution in [0.4, 0.5) is 15.8 Å². The molecule has 1 atom stereocenters. The van der Waals surface area contributed by atoms with E-state index in [2.05, 4.69) is 23.2 Å². The number of rotatable bonds is 6. The largest absolute Gasteiger partial charge is 0.465 e. The van der Waals surface area contributed by atoms with Crippen molar-refractivity contribution in [2.45, 2.75) is 38.0 Å². The van der Waals surface area contributed by atoms with Gasteiger partial charge >= 0.3 is 5.97 Å². The molecule has 0 amide bonds. The summed E-state index contributed by atoms with van der Waals surface area (Å²) in [5, 5.41) is 0. The van der Waals surface area contributed by atoms with E-state index in [1.807, 2.05) is 18.0 Å². The molecule has 1 heterocycles. The Kier molecular flexibility index (Phi) is 6.31. The van der Waals surface area contributed by atoms with E-state index in [9.17, 15) is 9.18 Å². The van der Waals surface area contributed by atoms with Crippen molar-refractivity contribution in [3.8, 4) is 0 Å². The summed E-state index contributed by atoms with van der Waals surface area (Å²) in [4.78, 5) is 18.3. The number of anilines is 2. The fourth-order valence-electron chi connectivity index (χ4n) is 4.51. The van der Waals surface area contributed by atoms with Crippen molar-refractivity contribution in [3.63, 3.8) is 0 Å². The lowest BCUT2D eigenvalue weighted by molar-refractivity contribution is 0.0599. The highest BCUT2D eigenvalue weighted by Gasteiger charge is 2.22. The van der Waals surface area contributed by atoms with E-state index in [4.69, 9.17) is 4.74 Å². The first kappa shape index (κ1) is 21.0. The number of aryl methyl sites for hydroxylation is 2. The van der Waals surface area contributed by atoms with E-state index in [1.54, 1.807) is 30.6 Å². The Balaban J connectivity index is 1.52. The van der Waals surface area contributed by atoms with Crippen LogP contribution in [0.1, 0.15) is 52.2 Å². The van der Waals surface area contributed by atoms with E-state index >= 15 is 0 Å². The van der Waals surface area contributed by atoms with Gasteiger partial charge in [0.15, 0.2) is 0 Å². The van der Waals surface area contributed by atoms with Gasteiger partial charge in [0.25, 0.3) is 0 Å². The molecule has 160 valence electrons. The molecule has 0 N–H and O–H groups in total. The van der Waals surface area contributed by atoms with Crippen LogP contribution in [0.5, 0.6) is 0 Å². The van der Waals surface area contributed by atoms with Crippen molar-refractivity contribution in [1.82, 2.24) is 4.98 Å². The summed E-state index contributed by atoms with van der Waals surface area (Å²) in [6.07, 6.45) is 8.48. The molecule has 2 aromatic carbocycles. The smallest absolute Gasteiger partial charge is 0.338 e. The fourth-order valence-corrected chi connectivity index (χ4v) is 4.51. The molecule has 4 nitrogen and oxygen atoms in total. The lowest BCUT2D eigenvalue weighted by Gasteiger charge is -2.28. The summed E-state index contributed by atoms with van der Waals surface area (Å²) in [7, 11) is 3.37. The van der Waals surface area contributed by atoms with Crippen LogP contribution >= 0.6 is 0 Å². The van der Waals surface area contributed by atoms with Crippen LogP contribution in [-0.4, -0.2) is 25.1 Å². The minimum Gasteiger partial charge on any atom is -0.465 e. The van der Waals surface area contributed by atoms with Crippen LogP contribution in [0.2, 0.25) is 0 Å². The molecule has 0 saturated heterocycles. The summed E-state index contributed by atoms with van der Waals surface area (Å²) >= 11 is 0. The molecule has 0 spiro atoms. The average Bonchev–Trinajstić information content (AvgIpc) is 2.81. The summed E-state index contributed by atoms with van der Waals surface area (Å²) in [6.45, 7) is 0. The third kappa shape index (κ3) is 4.61. The van der Waals surface area contributed by atoms with Gasteiger partial charge in [0.05, 0.1) is 12.7 Å². The molecule has 0 aliphatic heterocycles. The molecule has 1 aliphatic rings. The van der Waals surface area contributed by atoms with Crippen molar-refractivity contribution >= 4 is 17.3 Å². The summed E-state index contributed by atoms with van der Waals surface area (Å²) in [6, 6.07) is 15.0. The van der Waals surface area contributed by atoms with Gasteiger partial charge in [-0.25, -0.2) is 9.18 Å². The van der Waals surface area contributed by atoms with E-state index in [0.29, 0.717) is 11.5 Å². The first-order valence-electron chi connectivity index (χ1n) is 10.7. The molecule has 1 aromatic heterocycles. The minimum atomic E-state index is -0.313. The van der Waals surface area contributed by atoms with Gasteiger partial charge in [0.2, 0.25) is 0 Å². The van der Waals surface area contributed by atoms with Crippen molar-refractivity contribution < 1.29 is 13.9 Å². The molecule has 0 bridgehead atoms. The number of methoxy groups -OCH3 is 1. The maximum absolute atomic E-state index is 13.6. The molecule has 0 unspecified atom stereocenters. The summed E-state index contributed by atoms with van der Waals surface area (Å²) < 4.78 is 18.5. The maximum Gasteiger partial charge on any atom is 0.338 e. The molecule has 31 heavy (non-hydrogen) atoms. The number of carbonyl (C=O) groups is 1. The van der Waals surface area contributed by atoms with Gasteiger partial charge in [0.1, 0.15) is 5.82 Å². The first-order valence-corrected chi connectivity index (χ1v) is 10.7. The zero-order chi connectivity index (χ0) is 21.8. The fraction of sp³-hybridized carbons (Fsp3) is 0.308. The number of nitrogens with zero attached hydrogens (tertiary/aromatic N) is 2. The normalized spacial score (nSPS) is 15.3. The number of pyridine rings is 1. The molecule has 5 heteroatoms. The highest BCUT2D eigenvalue weighted by Crippen LogP contribution is 2.37. The second kappa shape index (κ2) is 9.29. The van der Waals surface area contributed by atoms with Crippen molar-refractivity contribution in [2.24, 2.45) is 0 Å². The lowest BCUT2D eigenvalue weighted by atomic mass is 9.79. The van der Waals surface area contributed by atoms with Crippen LogP contribution in [0.25, 0.3) is 0 Å². The third-order valence-corrected chi connectivity index (χ3v) is 6.22. The van der Waals surface area contributed by atoms with Crippen molar-refractivity contribution in [1.29, 1.82) is 0 Å². The Morgan fingerprint density at radius 1 is 1.19 bits per heavy atom. The van der Waals surface area contributed by atoms with Gasteiger partial charge in [-0.2, -0.15) is 0 Å². The maximum atomic E-state index is 13.6. The van der Waals surface area contributed by atoms with E-state index in [1.165, 1.54) is 24.3 Å². The number of aromatic nitrogens is 1. The van der Waals surface area contributed by atoms with Crippen LogP contribution < -0.4 is 4.90 Å².